The van der Waals surface area contributed by atoms with Gasteiger partial charge in [0.1, 0.15) is 5.82 Å². The van der Waals surface area contributed by atoms with E-state index in [1.165, 1.54) is 10.9 Å². The topological polar surface area (TPSA) is 72.2 Å². The Labute approximate surface area is 121 Å². The van der Waals surface area contributed by atoms with E-state index in [1.807, 2.05) is 19.1 Å². The zero-order valence-electron chi connectivity index (χ0n) is 10.9. The van der Waals surface area contributed by atoms with E-state index in [1.54, 1.807) is 11.3 Å². The van der Waals surface area contributed by atoms with Crippen molar-refractivity contribution in [1.29, 1.82) is 0 Å². The molecule has 108 valence electrons. The molecule has 0 spiro atoms. The molecule has 1 aromatic heterocycles. The van der Waals surface area contributed by atoms with Gasteiger partial charge in [0.15, 0.2) is 0 Å². The third-order valence-corrected chi connectivity index (χ3v) is 5.32. The van der Waals surface area contributed by atoms with Crippen LogP contribution in [0.2, 0.25) is 0 Å². The first-order valence-corrected chi connectivity index (χ1v) is 8.34. The maximum atomic E-state index is 13.2. The predicted octanol–water partition coefficient (Wildman–Crippen LogP) is 2.51. The van der Waals surface area contributed by atoms with E-state index in [0.717, 1.165) is 23.4 Å². The van der Waals surface area contributed by atoms with Gasteiger partial charge < -0.3 is 5.73 Å². The molecule has 0 amide bonds. The highest BCUT2D eigenvalue weighted by atomic mass is 32.2. The van der Waals surface area contributed by atoms with Crippen molar-refractivity contribution in [3.05, 3.63) is 45.9 Å². The van der Waals surface area contributed by atoms with Gasteiger partial charge in [0.25, 0.3) is 0 Å². The number of thiophene rings is 1. The van der Waals surface area contributed by atoms with Gasteiger partial charge in [0.2, 0.25) is 10.0 Å². The Morgan fingerprint density at radius 2 is 1.95 bits per heavy atom. The van der Waals surface area contributed by atoms with E-state index in [4.69, 9.17) is 5.73 Å². The predicted molar refractivity (Wildman–Crippen MR) is 78.5 cm³/mol. The average Bonchev–Trinajstić information content (AvgIpc) is 2.83. The van der Waals surface area contributed by atoms with Gasteiger partial charge in [-0.1, -0.05) is 6.92 Å². The summed E-state index contributed by atoms with van der Waals surface area (Å²) in [7, 11) is -3.76. The molecule has 2 rings (SSSR count). The fourth-order valence-corrected chi connectivity index (χ4v) is 3.76. The quantitative estimate of drug-likeness (QED) is 0.833. The van der Waals surface area contributed by atoms with Gasteiger partial charge in [0.05, 0.1) is 4.90 Å². The number of nitrogen functional groups attached to an aromatic ring is 1. The molecule has 0 aliphatic rings. The van der Waals surface area contributed by atoms with Crippen LogP contribution < -0.4 is 10.5 Å². The summed E-state index contributed by atoms with van der Waals surface area (Å²) in [5.74, 6) is -0.672. The number of benzene rings is 1. The van der Waals surface area contributed by atoms with Gasteiger partial charge >= 0.3 is 0 Å². The third-order valence-electron chi connectivity index (χ3n) is 2.71. The van der Waals surface area contributed by atoms with Crippen molar-refractivity contribution >= 4 is 27.0 Å². The van der Waals surface area contributed by atoms with Crippen LogP contribution in [0.4, 0.5) is 10.1 Å². The molecule has 1 heterocycles. The largest absolute Gasteiger partial charge is 0.399 e. The molecule has 0 atom stereocenters. The van der Waals surface area contributed by atoms with Crippen LogP contribution >= 0.6 is 11.3 Å². The summed E-state index contributed by atoms with van der Waals surface area (Å²) in [4.78, 5) is 1.94. The van der Waals surface area contributed by atoms with Gasteiger partial charge in [-0.25, -0.2) is 17.5 Å². The number of rotatable bonds is 5. The number of halogens is 1. The molecule has 7 heteroatoms. The normalized spacial score (nSPS) is 11.7. The summed E-state index contributed by atoms with van der Waals surface area (Å²) in [6, 6.07) is 7.11. The Morgan fingerprint density at radius 3 is 2.55 bits per heavy atom. The maximum absolute atomic E-state index is 13.2. The minimum atomic E-state index is -3.76. The minimum Gasteiger partial charge on any atom is -0.399 e. The zero-order chi connectivity index (χ0) is 14.8. The van der Waals surface area contributed by atoms with Crippen molar-refractivity contribution in [2.75, 3.05) is 5.73 Å². The highest BCUT2D eigenvalue weighted by molar-refractivity contribution is 7.89. The zero-order valence-corrected chi connectivity index (χ0v) is 12.5. The van der Waals surface area contributed by atoms with Crippen molar-refractivity contribution in [3.8, 4) is 0 Å². The Balaban J connectivity index is 2.14. The molecule has 1 aromatic carbocycles. The number of hydrogen-bond donors (Lipinski definition) is 2. The molecule has 2 aromatic rings. The molecule has 0 aliphatic carbocycles. The van der Waals surface area contributed by atoms with E-state index >= 15 is 0 Å². The Bertz CT molecular complexity index is 691. The standard InChI is InChI=1S/C13H15FN2O2S2/c1-2-11-3-4-12(19-11)8-16-20(17,18)13-6-9(14)5-10(15)7-13/h3-7,16H,2,8,15H2,1H3. The molecule has 0 fully saturated rings. The molecule has 4 nitrogen and oxygen atoms in total. The fourth-order valence-electron chi connectivity index (χ4n) is 1.70. The molecular weight excluding hydrogens is 299 g/mol. The Kier molecular flexibility index (Phi) is 4.42. The van der Waals surface area contributed by atoms with E-state index in [2.05, 4.69) is 4.72 Å². The number of sulfonamides is 1. The highest BCUT2D eigenvalue weighted by Crippen LogP contribution is 2.19. The van der Waals surface area contributed by atoms with Crippen molar-refractivity contribution in [2.45, 2.75) is 24.8 Å². The van der Waals surface area contributed by atoms with Crippen LogP contribution in [0.15, 0.2) is 35.2 Å². The van der Waals surface area contributed by atoms with E-state index in [-0.39, 0.29) is 17.1 Å². The van der Waals surface area contributed by atoms with Crippen molar-refractivity contribution < 1.29 is 12.8 Å². The SMILES string of the molecule is CCc1ccc(CNS(=O)(=O)c2cc(N)cc(F)c2)s1. The summed E-state index contributed by atoms with van der Waals surface area (Å²) >= 11 is 1.55. The van der Waals surface area contributed by atoms with Crippen LogP contribution in [0.5, 0.6) is 0 Å². The van der Waals surface area contributed by atoms with Crippen LogP contribution in [-0.2, 0) is 23.0 Å². The van der Waals surface area contributed by atoms with Crippen LogP contribution in [0.3, 0.4) is 0 Å². The molecule has 0 aliphatic heterocycles. The fraction of sp³-hybridized carbons (Fsp3) is 0.231. The summed E-state index contributed by atoms with van der Waals surface area (Å²) < 4.78 is 39.8. The Morgan fingerprint density at radius 1 is 1.25 bits per heavy atom. The lowest BCUT2D eigenvalue weighted by Gasteiger charge is -2.06. The van der Waals surface area contributed by atoms with Crippen LogP contribution in [0.1, 0.15) is 16.7 Å². The number of nitrogens with one attached hydrogen (secondary N) is 1. The summed E-state index contributed by atoms with van der Waals surface area (Å²) in [6.45, 7) is 2.22. The number of aryl methyl sites for hydroxylation is 1. The lowest BCUT2D eigenvalue weighted by molar-refractivity contribution is 0.578. The molecule has 20 heavy (non-hydrogen) atoms. The molecule has 0 unspecified atom stereocenters. The first-order chi connectivity index (χ1) is 9.40. The highest BCUT2D eigenvalue weighted by Gasteiger charge is 2.15. The van der Waals surface area contributed by atoms with Gasteiger partial charge in [-0.2, -0.15) is 0 Å². The second kappa shape index (κ2) is 5.90. The van der Waals surface area contributed by atoms with Crippen LogP contribution in [-0.4, -0.2) is 8.42 Å². The second-order valence-electron chi connectivity index (χ2n) is 4.27. The van der Waals surface area contributed by atoms with Crippen LogP contribution in [0.25, 0.3) is 0 Å². The molecular formula is C13H15FN2O2S2. The minimum absolute atomic E-state index is 0.0785. The Hall–Kier alpha value is -1.44. The summed E-state index contributed by atoms with van der Waals surface area (Å²) in [6.07, 6.45) is 0.915. The molecule has 0 saturated heterocycles. The van der Waals surface area contributed by atoms with Gasteiger partial charge in [-0.15, -0.1) is 11.3 Å². The monoisotopic (exact) mass is 314 g/mol. The summed E-state index contributed by atoms with van der Waals surface area (Å²) in [5.41, 5.74) is 5.53. The van der Waals surface area contributed by atoms with E-state index in [0.29, 0.717) is 0 Å². The molecule has 0 bridgehead atoms. The van der Waals surface area contributed by atoms with Crippen molar-refractivity contribution in [1.82, 2.24) is 4.72 Å². The number of hydrogen-bond acceptors (Lipinski definition) is 4. The van der Waals surface area contributed by atoms with Crippen molar-refractivity contribution in [3.63, 3.8) is 0 Å². The molecule has 3 N–H and O–H groups in total. The smallest absolute Gasteiger partial charge is 0.241 e. The molecule has 0 radical (unpaired) electrons. The lowest BCUT2D eigenvalue weighted by Crippen LogP contribution is -2.23. The number of nitrogens with two attached hydrogens (primary N) is 1. The van der Waals surface area contributed by atoms with E-state index in [9.17, 15) is 12.8 Å². The second-order valence-corrected chi connectivity index (χ2v) is 7.29. The summed E-state index contributed by atoms with van der Waals surface area (Å²) in [5, 5.41) is 0. The maximum Gasteiger partial charge on any atom is 0.241 e. The first-order valence-electron chi connectivity index (χ1n) is 6.04. The van der Waals surface area contributed by atoms with Gasteiger partial charge in [0, 0.05) is 22.0 Å². The average molecular weight is 314 g/mol. The van der Waals surface area contributed by atoms with Crippen LogP contribution in [0, 0.1) is 5.82 Å². The lowest BCUT2D eigenvalue weighted by atomic mass is 10.3. The van der Waals surface area contributed by atoms with Gasteiger partial charge in [-0.05, 0) is 36.8 Å². The first kappa shape index (κ1) is 15.0. The third kappa shape index (κ3) is 3.56. The number of anilines is 1. The van der Waals surface area contributed by atoms with Gasteiger partial charge in [-0.3, -0.25) is 0 Å². The van der Waals surface area contributed by atoms with Crippen molar-refractivity contribution in [2.24, 2.45) is 0 Å². The molecule has 0 saturated carbocycles. The van der Waals surface area contributed by atoms with E-state index < -0.39 is 15.8 Å².